The number of carboxylic acids is 1. The van der Waals surface area contributed by atoms with Crippen LogP contribution in [-0.4, -0.2) is 54.9 Å². The van der Waals surface area contributed by atoms with Gasteiger partial charge in [-0.1, -0.05) is 13.8 Å². The van der Waals surface area contributed by atoms with Crippen molar-refractivity contribution >= 4 is 12.0 Å². The summed E-state index contributed by atoms with van der Waals surface area (Å²) in [6, 6.07) is -0.163. The van der Waals surface area contributed by atoms with E-state index in [-0.39, 0.29) is 6.03 Å². The highest BCUT2D eigenvalue weighted by atomic mass is 16.5. The van der Waals surface area contributed by atoms with Crippen LogP contribution in [0.2, 0.25) is 0 Å². The van der Waals surface area contributed by atoms with E-state index in [1.807, 2.05) is 6.92 Å². The van der Waals surface area contributed by atoms with Crippen LogP contribution in [-0.2, 0) is 9.53 Å². The lowest BCUT2D eigenvalue weighted by Gasteiger charge is -2.39. The van der Waals surface area contributed by atoms with Gasteiger partial charge in [0.05, 0.1) is 5.41 Å². The Kier molecular flexibility index (Phi) is 7.50. The Morgan fingerprint density at radius 2 is 2.10 bits per heavy atom. The molecule has 1 aliphatic rings. The summed E-state index contributed by atoms with van der Waals surface area (Å²) in [6.07, 6.45) is 3.71. The van der Waals surface area contributed by atoms with Gasteiger partial charge in [0, 0.05) is 32.8 Å². The van der Waals surface area contributed by atoms with Gasteiger partial charge in [-0.2, -0.15) is 0 Å². The average Bonchev–Trinajstić information content (AvgIpc) is 2.50. The fraction of sp³-hybridized carbons (Fsp3) is 0.867. The van der Waals surface area contributed by atoms with Gasteiger partial charge in [-0.25, -0.2) is 4.79 Å². The van der Waals surface area contributed by atoms with Crippen molar-refractivity contribution in [2.75, 3.05) is 32.8 Å². The molecule has 0 bridgehead atoms. The highest BCUT2D eigenvalue weighted by Crippen LogP contribution is 2.33. The van der Waals surface area contributed by atoms with E-state index in [4.69, 9.17) is 4.74 Å². The predicted molar refractivity (Wildman–Crippen MR) is 80.3 cm³/mol. The molecule has 1 saturated heterocycles. The lowest BCUT2D eigenvalue weighted by Crippen LogP contribution is -2.52. The van der Waals surface area contributed by atoms with Crippen molar-refractivity contribution < 1.29 is 19.4 Å². The molecule has 0 aromatic rings. The molecule has 0 radical (unpaired) electrons. The molecular formula is C15H28N2O4. The third-order valence-electron chi connectivity index (χ3n) is 4.08. The summed E-state index contributed by atoms with van der Waals surface area (Å²) in [4.78, 5) is 25.2. The zero-order chi connectivity index (χ0) is 15.7. The first-order valence-electron chi connectivity index (χ1n) is 7.89. The maximum atomic E-state index is 12.1. The van der Waals surface area contributed by atoms with Gasteiger partial charge < -0.3 is 20.1 Å². The van der Waals surface area contributed by atoms with E-state index in [1.165, 1.54) is 0 Å². The smallest absolute Gasteiger partial charge is 0.317 e. The Morgan fingerprint density at radius 3 is 2.71 bits per heavy atom. The number of piperidine rings is 1. The normalized spacial score (nSPS) is 22.1. The van der Waals surface area contributed by atoms with Crippen LogP contribution in [0.3, 0.4) is 0 Å². The van der Waals surface area contributed by atoms with Crippen molar-refractivity contribution in [3.8, 4) is 0 Å². The first kappa shape index (κ1) is 17.8. The minimum Gasteiger partial charge on any atom is -0.481 e. The maximum Gasteiger partial charge on any atom is 0.317 e. The second-order valence-electron chi connectivity index (χ2n) is 5.66. The van der Waals surface area contributed by atoms with E-state index in [9.17, 15) is 14.7 Å². The molecule has 1 atom stereocenters. The predicted octanol–water partition coefficient (Wildman–Crippen LogP) is 2.09. The van der Waals surface area contributed by atoms with Gasteiger partial charge in [-0.3, -0.25) is 4.79 Å². The number of urea groups is 1. The van der Waals surface area contributed by atoms with Crippen molar-refractivity contribution in [2.45, 2.75) is 46.0 Å². The molecule has 6 heteroatoms. The summed E-state index contributed by atoms with van der Waals surface area (Å²) < 4.78 is 5.35. The quantitative estimate of drug-likeness (QED) is 0.673. The van der Waals surface area contributed by atoms with E-state index >= 15 is 0 Å². The van der Waals surface area contributed by atoms with Crippen molar-refractivity contribution in [3.63, 3.8) is 0 Å². The average molecular weight is 300 g/mol. The summed E-state index contributed by atoms with van der Waals surface area (Å²) in [5.74, 6) is -0.796. The van der Waals surface area contributed by atoms with Crippen LogP contribution in [0.25, 0.3) is 0 Å². The highest BCUT2D eigenvalue weighted by molar-refractivity contribution is 5.78. The van der Waals surface area contributed by atoms with Crippen LogP contribution in [0, 0.1) is 5.41 Å². The number of likely N-dealkylation sites (tertiary alicyclic amines) is 1. The molecular weight excluding hydrogens is 272 g/mol. The summed E-state index contributed by atoms with van der Waals surface area (Å²) in [5.41, 5.74) is -0.778. The number of hydrogen-bond acceptors (Lipinski definition) is 3. The Hall–Kier alpha value is -1.30. The molecule has 6 nitrogen and oxygen atoms in total. The number of rotatable bonds is 8. The fourth-order valence-electron chi connectivity index (χ4n) is 2.65. The molecule has 0 aliphatic carbocycles. The van der Waals surface area contributed by atoms with Crippen LogP contribution >= 0.6 is 0 Å². The summed E-state index contributed by atoms with van der Waals surface area (Å²) >= 11 is 0. The number of aliphatic carboxylic acids is 1. The number of carboxylic acid groups (broad SMARTS) is 1. The molecule has 2 amide bonds. The maximum absolute atomic E-state index is 12.1. The number of nitrogens with zero attached hydrogens (tertiary/aromatic N) is 1. The van der Waals surface area contributed by atoms with Crippen LogP contribution in [0.5, 0.6) is 0 Å². The monoisotopic (exact) mass is 300 g/mol. The largest absolute Gasteiger partial charge is 0.481 e. The van der Waals surface area contributed by atoms with Crippen molar-refractivity contribution in [1.82, 2.24) is 10.2 Å². The molecule has 0 saturated carbocycles. The number of nitrogens with one attached hydrogen (secondary N) is 1. The van der Waals surface area contributed by atoms with Gasteiger partial charge in [-0.05, 0) is 32.1 Å². The van der Waals surface area contributed by atoms with E-state index in [2.05, 4.69) is 12.2 Å². The molecule has 1 rings (SSSR count). The topological polar surface area (TPSA) is 78.9 Å². The number of amides is 2. The minimum atomic E-state index is -0.796. The first-order chi connectivity index (χ1) is 10.1. The second kappa shape index (κ2) is 8.87. The Bertz CT molecular complexity index is 349. The van der Waals surface area contributed by atoms with Gasteiger partial charge in [0.25, 0.3) is 0 Å². The number of ether oxygens (including phenoxy) is 1. The van der Waals surface area contributed by atoms with Gasteiger partial charge in [0.2, 0.25) is 0 Å². The summed E-state index contributed by atoms with van der Waals surface area (Å²) in [5, 5.41) is 12.3. The fourth-order valence-corrected chi connectivity index (χ4v) is 2.65. The van der Waals surface area contributed by atoms with E-state index in [0.29, 0.717) is 39.1 Å². The highest BCUT2D eigenvalue weighted by Gasteiger charge is 2.42. The number of hydrogen-bond donors (Lipinski definition) is 2. The number of carbonyl (C=O) groups is 2. The van der Waals surface area contributed by atoms with Crippen LogP contribution < -0.4 is 5.32 Å². The third-order valence-corrected chi connectivity index (χ3v) is 4.08. The van der Waals surface area contributed by atoms with Gasteiger partial charge in [-0.15, -0.1) is 0 Å². The van der Waals surface area contributed by atoms with Gasteiger partial charge >= 0.3 is 12.0 Å². The van der Waals surface area contributed by atoms with Crippen molar-refractivity contribution in [3.05, 3.63) is 0 Å². The van der Waals surface area contributed by atoms with Crippen molar-refractivity contribution in [2.24, 2.45) is 5.41 Å². The van der Waals surface area contributed by atoms with Crippen LogP contribution in [0.4, 0.5) is 4.79 Å². The lowest BCUT2D eigenvalue weighted by molar-refractivity contribution is -0.152. The zero-order valence-corrected chi connectivity index (χ0v) is 13.2. The second-order valence-corrected chi connectivity index (χ2v) is 5.66. The SMILES string of the molecule is CCCOCCCNC(=O)N1CCCC(CC)(C(=O)O)C1. The molecule has 0 spiro atoms. The van der Waals surface area contributed by atoms with Crippen molar-refractivity contribution in [1.29, 1.82) is 0 Å². The molecule has 1 aliphatic heterocycles. The Morgan fingerprint density at radius 1 is 1.33 bits per heavy atom. The molecule has 1 fully saturated rings. The minimum absolute atomic E-state index is 0.163. The van der Waals surface area contributed by atoms with Gasteiger partial charge in [0.1, 0.15) is 0 Å². The summed E-state index contributed by atoms with van der Waals surface area (Å²) in [6.45, 7) is 6.82. The molecule has 122 valence electrons. The molecule has 2 N–H and O–H groups in total. The molecule has 1 unspecified atom stereocenters. The molecule has 0 aromatic carbocycles. The Balaban J connectivity index is 2.35. The van der Waals surface area contributed by atoms with E-state index in [1.54, 1.807) is 4.90 Å². The van der Waals surface area contributed by atoms with Crippen LogP contribution in [0.15, 0.2) is 0 Å². The third kappa shape index (κ3) is 5.19. The Labute approximate surface area is 126 Å². The summed E-state index contributed by atoms with van der Waals surface area (Å²) in [7, 11) is 0. The van der Waals surface area contributed by atoms with Crippen LogP contribution in [0.1, 0.15) is 46.0 Å². The van der Waals surface area contributed by atoms with E-state index < -0.39 is 11.4 Å². The molecule has 0 aromatic heterocycles. The zero-order valence-electron chi connectivity index (χ0n) is 13.2. The van der Waals surface area contributed by atoms with Gasteiger partial charge in [0.15, 0.2) is 0 Å². The molecule has 21 heavy (non-hydrogen) atoms. The molecule has 1 heterocycles. The lowest BCUT2D eigenvalue weighted by atomic mass is 9.78. The standard InChI is InChI=1S/C15H28N2O4/c1-3-10-21-11-6-8-16-14(20)17-9-5-7-15(4-2,12-17)13(18)19/h3-12H2,1-2H3,(H,16,20)(H,18,19). The first-order valence-corrected chi connectivity index (χ1v) is 7.89. The number of carbonyl (C=O) groups excluding carboxylic acids is 1. The van der Waals surface area contributed by atoms with E-state index in [0.717, 1.165) is 25.9 Å².